The van der Waals surface area contributed by atoms with Gasteiger partial charge in [-0.05, 0) is 56.0 Å². The van der Waals surface area contributed by atoms with Crippen molar-refractivity contribution in [3.05, 3.63) is 71.4 Å². The summed E-state index contributed by atoms with van der Waals surface area (Å²) < 4.78 is 6.84. The average molecular weight is 424 g/mol. The van der Waals surface area contributed by atoms with E-state index in [4.69, 9.17) is 4.74 Å². The SMILES string of the molecule is CCOC(=O)c1cc(-c2ccccc2C)n(-c2ccc(C(=O)NCCSC)cc2)n1. The molecule has 0 bridgehead atoms. The van der Waals surface area contributed by atoms with E-state index >= 15 is 0 Å². The van der Waals surface area contributed by atoms with Crippen LogP contribution >= 0.6 is 11.8 Å². The lowest BCUT2D eigenvalue weighted by Gasteiger charge is -2.10. The van der Waals surface area contributed by atoms with E-state index in [9.17, 15) is 9.59 Å². The van der Waals surface area contributed by atoms with Gasteiger partial charge in [-0.15, -0.1) is 0 Å². The summed E-state index contributed by atoms with van der Waals surface area (Å²) in [7, 11) is 0. The predicted octanol–water partition coefficient (Wildman–Crippen LogP) is 4.12. The first-order valence-electron chi connectivity index (χ1n) is 9.76. The van der Waals surface area contributed by atoms with Gasteiger partial charge in [0.05, 0.1) is 18.0 Å². The van der Waals surface area contributed by atoms with Crippen molar-refractivity contribution in [1.82, 2.24) is 15.1 Å². The van der Waals surface area contributed by atoms with Crippen molar-refractivity contribution in [2.24, 2.45) is 0 Å². The number of aromatic nitrogens is 2. The molecule has 0 aliphatic rings. The van der Waals surface area contributed by atoms with E-state index < -0.39 is 5.97 Å². The molecule has 1 aromatic heterocycles. The third-order valence-electron chi connectivity index (χ3n) is 4.58. The van der Waals surface area contributed by atoms with Crippen LogP contribution in [0.4, 0.5) is 0 Å². The van der Waals surface area contributed by atoms with Crippen LogP contribution in [0.5, 0.6) is 0 Å². The number of ether oxygens (including phenoxy) is 1. The zero-order valence-corrected chi connectivity index (χ0v) is 18.2. The Kier molecular flexibility index (Phi) is 7.30. The third-order valence-corrected chi connectivity index (χ3v) is 5.19. The zero-order valence-electron chi connectivity index (χ0n) is 17.3. The van der Waals surface area contributed by atoms with Crippen LogP contribution < -0.4 is 5.32 Å². The Morgan fingerprint density at radius 2 is 1.87 bits per heavy atom. The van der Waals surface area contributed by atoms with Crippen molar-refractivity contribution < 1.29 is 14.3 Å². The number of hydrogen-bond donors (Lipinski definition) is 1. The molecule has 0 atom stereocenters. The highest BCUT2D eigenvalue weighted by atomic mass is 32.2. The molecule has 0 saturated carbocycles. The molecule has 1 N–H and O–H groups in total. The number of carbonyl (C=O) groups excluding carboxylic acids is 2. The molecule has 0 spiro atoms. The number of amides is 1. The topological polar surface area (TPSA) is 73.2 Å². The van der Waals surface area contributed by atoms with Gasteiger partial charge in [-0.2, -0.15) is 16.9 Å². The van der Waals surface area contributed by atoms with E-state index in [-0.39, 0.29) is 18.2 Å². The van der Waals surface area contributed by atoms with E-state index in [1.54, 1.807) is 41.6 Å². The highest BCUT2D eigenvalue weighted by Crippen LogP contribution is 2.27. The van der Waals surface area contributed by atoms with Gasteiger partial charge in [-0.25, -0.2) is 9.48 Å². The number of aryl methyl sites for hydroxylation is 1. The number of nitrogens with zero attached hydrogens (tertiary/aromatic N) is 2. The van der Waals surface area contributed by atoms with Gasteiger partial charge < -0.3 is 10.1 Å². The quantitative estimate of drug-likeness (QED) is 0.436. The number of benzene rings is 2. The van der Waals surface area contributed by atoms with Crippen molar-refractivity contribution >= 4 is 23.6 Å². The lowest BCUT2D eigenvalue weighted by atomic mass is 10.1. The minimum absolute atomic E-state index is 0.109. The van der Waals surface area contributed by atoms with Crippen LogP contribution in [-0.2, 0) is 4.74 Å². The molecule has 0 saturated heterocycles. The molecule has 2 aromatic carbocycles. The molecule has 6 nitrogen and oxygen atoms in total. The molecule has 0 fully saturated rings. The second-order valence-electron chi connectivity index (χ2n) is 6.66. The Balaban J connectivity index is 1.97. The van der Waals surface area contributed by atoms with Crippen LogP contribution in [0, 0.1) is 6.92 Å². The molecule has 0 aliphatic heterocycles. The number of hydrogen-bond acceptors (Lipinski definition) is 5. The van der Waals surface area contributed by atoms with Gasteiger partial charge in [0.1, 0.15) is 0 Å². The normalized spacial score (nSPS) is 10.6. The summed E-state index contributed by atoms with van der Waals surface area (Å²) in [5.41, 5.74) is 4.40. The minimum Gasteiger partial charge on any atom is -0.461 e. The smallest absolute Gasteiger partial charge is 0.358 e. The van der Waals surface area contributed by atoms with Gasteiger partial charge >= 0.3 is 5.97 Å². The van der Waals surface area contributed by atoms with Gasteiger partial charge in [-0.3, -0.25) is 4.79 Å². The van der Waals surface area contributed by atoms with Crippen molar-refractivity contribution in [2.75, 3.05) is 25.2 Å². The largest absolute Gasteiger partial charge is 0.461 e. The molecule has 0 radical (unpaired) electrons. The van der Waals surface area contributed by atoms with Crippen molar-refractivity contribution in [3.8, 4) is 16.9 Å². The maximum Gasteiger partial charge on any atom is 0.358 e. The summed E-state index contributed by atoms with van der Waals surface area (Å²) in [5, 5.41) is 7.38. The Hall–Kier alpha value is -3.06. The number of carbonyl (C=O) groups is 2. The summed E-state index contributed by atoms with van der Waals surface area (Å²) in [4.78, 5) is 24.5. The van der Waals surface area contributed by atoms with E-state index in [1.165, 1.54) is 0 Å². The maximum atomic E-state index is 12.3. The summed E-state index contributed by atoms with van der Waals surface area (Å²) in [5.74, 6) is 0.298. The van der Waals surface area contributed by atoms with Gasteiger partial charge in [0.15, 0.2) is 5.69 Å². The minimum atomic E-state index is -0.462. The Labute approximate surface area is 180 Å². The van der Waals surface area contributed by atoms with Crippen molar-refractivity contribution in [2.45, 2.75) is 13.8 Å². The lowest BCUT2D eigenvalue weighted by molar-refractivity contribution is 0.0519. The van der Waals surface area contributed by atoms with Crippen LogP contribution in [0.3, 0.4) is 0 Å². The average Bonchev–Trinajstić information content (AvgIpc) is 3.20. The highest BCUT2D eigenvalue weighted by Gasteiger charge is 2.19. The summed E-state index contributed by atoms with van der Waals surface area (Å²) in [6.07, 6.45) is 2.00. The second kappa shape index (κ2) is 10.1. The first-order chi connectivity index (χ1) is 14.5. The van der Waals surface area contributed by atoms with Gasteiger partial charge in [0, 0.05) is 23.4 Å². The predicted molar refractivity (Wildman–Crippen MR) is 120 cm³/mol. The monoisotopic (exact) mass is 423 g/mol. The molecule has 1 amide bonds. The van der Waals surface area contributed by atoms with Crippen LogP contribution in [0.2, 0.25) is 0 Å². The van der Waals surface area contributed by atoms with Crippen LogP contribution in [0.15, 0.2) is 54.6 Å². The fraction of sp³-hybridized carbons (Fsp3) is 0.261. The standard InChI is InChI=1S/C23H25N3O3S/c1-4-29-23(28)20-15-21(19-8-6-5-7-16(19)2)26(25-20)18-11-9-17(10-12-18)22(27)24-13-14-30-3/h5-12,15H,4,13-14H2,1-3H3,(H,24,27). The molecule has 3 aromatic rings. The fourth-order valence-electron chi connectivity index (χ4n) is 3.06. The Bertz CT molecular complexity index is 1030. The zero-order chi connectivity index (χ0) is 21.5. The first-order valence-corrected chi connectivity index (χ1v) is 11.1. The lowest BCUT2D eigenvalue weighted by Crippen LogP contribution is -2.25. The van der Waals surface area contributed by atoms with Gasteiger partial charge in [0.25, 0.3) is 5.91 Å². The Morgan fingerprint density at radius 1 is 1.13 bits per heavy atom. The van der Waals surface area contributed by atoms with E-state index in [0.717, 1.165) is 28.3 Å². The van der Waals surface area contributed by atoms with Crippen LogP contribution in [0.25, 0.3) is 16.9 Å². The molecule has 30 heavy (non-hydrogen) atoms. The molecule has 0 aliphatic carbocycles. The van der Waals surface area contributed by atoms with E-state index in [0.29, 0.717) is 12.1 Å². The van der Waals surface area contributed by atoms with E-state index in [1.807, 2.05) is 49.6 Å². The summed E-state index contributed by atoms with van der Waals surface area (Å²) in [6.45, 7) is 4.69. The number of thioether (sulfide) groups is 1. The molecule has 156 valence electrons. The molecule has 0 unspecified atom stereocenters. The van der Waals surface area contributed by atoms with Gasteiger partial charge in [-0.1, -0.05) is 24.3 Å². The Morgan fingerprint density at radius 3 is 2.53 bits per heavy atom. The van der Waals surface area contributed by atoms with Gasteiger partial charge in [0.2, 0.25) is 0 Å². The van der Waals surface area contributed by atoms with Crippen LogP contribution in [0.1, 0.15) is 33.3 Å². The molecular formula is C23H25N3O3S. The summed E-state index contributed by atoms with van der Waals surface area (Å²) in [6, 6.07) is 16.8. The van der Waals surface area contributed by atoms with Crippen molar-refractivity contribution in [1.29, 1.82) is 0 Å². The number of rotatable bonds is 8. The second-order valence-corrected chi connectivity index (χ2v) is 7.64. The third kappa shape index (κ3) is 4.91. The fourth-order valence-corrected chi connectivity index (χ4v) is 3.36. The van der Waals surface area contributed by atoms with Crippen molar-refractivity contribution in [3.63, 3.8) is 0 Å². The van der Waals surface area contributed by atoms with Crippen LogP contribution in [-0.4, -0.2) is 46.8 Å². The summed E-state index contributed by atoms with van der Waals surface area (Å²) >= 11 is 1.68. The maximum absolute atomic E-state index is 12.3. The molecule has 1 heterocycles. The number of nitrogens with one attached hydrogen (secondary N) is 1. The molecule has 7 heteroatoms. The number of esters is 1. The molecule has 3 rings (SSSR count). The molecular weight excluding hydrogens is 398 g/mol. The van der Waals surface area contributed by atoms with E-state index in [2.05, 4.69) is 10.4 Å². The first kappa shape index (κ1) is 21.6. The highest BCUT2D eigenvalue weighted by molar-refractivity contribution is 7.98.